The van der Waals surface area contributed by atoms with E-state index in [1.165, 1.54) is 0 Å². The van der Waals surface area contributed by atoms with Crippen LogP contribution in [0.15, 0.2) is 78.9 Å². The van der Waals surface area contributed by atoms with Crippen LogP contribution in [0.2, 0.25) is 0 Å². The molecule has 0 aliphatic heterocycles. The van der Waals surface area contributed by atoms with Crippen LogP contribution >= 0.6 is 0 Å². The van der Waals surface area contributed by atoms with Crippen molar-refractivity contribution in [2.45, 2.75) is 13.3 Å². The molecule has 0 aliphatic carbocycles. The molecule has 0 aliphatic rings. The molecular formula is C27H25N3O3. The third-order valence-electron chi connectivity index (χ3n) is 5.54. The summed E-state index contributed by atoms with van der Waals surface area (Å²) in [4.78, 5) is 27.8. The van der Waals surface area contributed by atoms with Crippen molar-refractivity contribution >= 4 is 28.4 Å². The Morgan fingerprint density at radius 2 is 1.79 bits per heavy atom. The number of carbonyl (C=O) groups is 2. The number of fused-ring (bicyclic) bond motifs is 1. The SMILES string of the molecule is C=C(Cc1ccc(-c2c(C(N)=O)[nH]c3ccccc23)cc1)C(=O)Nc1cc(C)ccc1OC. The zero-order valence-corrected chi connectivity index (χ0v) is 18.6. The maximum Gasteiger partial charge on any atom is 0.265 e. The number of aromatic amines is 1. The predicted octanol–water partition coefficient (Wildman–Crippen LogP) is 4.99. The topological polar surface area (TPSA) is 97.2 Å². The Balaban J connectivity index is 1.53. The minimum Gasteiger partial charge on any atom is -0.495 e. The molecule has 0 atom stereocenters. The van der Waals surface area contributed by atoms with Gasteiger partial charge in [-0.25, -0.2) is 0 Å². The Bertz CT molecular complexity index is 1370. The number of nitrogens with one attached hydrogen (secondary N) is 2. The number of aromatic nitrogens is 1. The van der Waals surface area contributed by atoms with E-state index in [2.05, 4.69) is 16.9 Å². The van der Waals surface area contributed by atoms with Crippen LogP contribution < -0.4 is 15.8 Å². The molecule has 166 valence electrons. The second-order valence-corrected chi connectivity index (χ2v) is 7.92. The molecule has 3 aromatic carbocycles. The number of anilines is 1. The number of para-hydroxylation sites is 1. The van der Waals surface area contributed by atoms with Crippen LogP contribution in [0.25, 0.3) is 22.0 Å². The smallest absolute Gasteiger partial charge is 0.265 e. The van der Waals surface area contributed by atoms with Gasteiger partial charge in [0, 0.05) is 28.5 Å². The van der Waals surface area contributed by atoms with Crippen molar-refractivity contribution in [3.8, 4) is 16.9 Å². The van der Waals surface area contributed by atoms with E-state index in [0.29, 0.717) is 29.1 Å². The van der Waals surface area contributed by atoms with Crippen molar-refractivity contribution in [3.05, 3.63) is 95.7 Å². The summed E-state index contributed by atoms with van der Waals surface area (Å²) in [5.74, 6) is -0.187. The van der Waals surface area contributed by atoms with Gasteiger partial charge < -0.3 is 20.8 Å². The van der Waals surface area contributed by atoms with Gasteiger partial charge in [-0.1, -0.05) is 55.1 Å². The summed E-state index contributed by atoms with van der Waals surface area (Å²) >= 11 is 0. The zero-order chi connectivity index (χ0) is 23.5. The number of ether oxygens (including phenoxy) is 1. The van der Waals surface area contributed by atoms with E-state index in [1.54, 1.807) is 7.11 Å². The highest BCUT2D eigenvalue weighted by Gasteiger charge is 2.17. The molecule has 1 aromatic heterocycles. The van der Waals surface area contributed by atoms with Crippen LogP contribution in [0.3, 0.4) is 0 Å². The Labute approximate surface area is 192 Å². The molecule has 0 saturated heterocycles. The molecule has 0 fully saturated rings. The number of hydrogen-bond acceptors (Lipinski definition) is 3. The van der Waals surface area contributed by atoms with Crippen molar-refractivity contribution in [3.63, 3.8) is 0 Å². The lowest BCUT2D eigenvalue weighted by Crippen LogP contribution is -2.16. The fourth-order valence-corrected chi connectivity index (χ4v) is 3.87. The van der Waals surface area contributed by atoms with Gasteiger partial charge in [0.05, 0.1) is 12.8 Å². The number of primary amides is 1. The van der Waals surface area contributed by atoms with E-state index < -0.39 is 5.91 Å². The molecule has 4 aromatic rings. The number of nitrogens with two attached hydrogens (primary N) is 1. The fourth-order valence-electron chi connectivity index (χ4n) is 3.87. The maximum atomic E-state index is 12.7. The highest BCUT2D eigenvalue weighted by Crippen LogP contribution is 2.33. The number of methoxy groups -OCH3 is 1. The number of H-pyrrole nitrogens is 1. The highest BCUT2D eigenvalue weighted by molar-refractivity contribution is 6.09. The second-order valence-electron chi connectivity index (χ2n) is 7.92. The van der Waals surface area contributed by atoms with Gasteiger partial charge in [-0.3, -0.25) is 9.59 Å². The quantitative estimate of drug-likeness (QED) is 0.354. The molecule has 2 amide bonds. The Kier molecular flexibility index (Phi) is 6.00. The Morgan fingerprint density at radius 1 is 1.06 bits per heavy atom. The number of carbonyl (C=O) groups excluding carboxylic acids is 2. The fraction of sp³-hybridized carbons (Fsp3) is 0.111. The predicted molar refractivity (Wildman–Crippen MR) is 131 cm³/mol. The summed E-state index contributed by atoms with van der Waals surface area (Å²) in [5.41, 5.74) is 11.4. The highest BCUT2D eigenvalue weighted by atomic mass is 16.5. The van der Waals surface area contributed by atoms with Gasteiger partial charge in [-0.2, -0.15) is 0 Å². The van der Waals surface area contributed by atoms with E-state index in [1.807, 2.05) is 73.7 Å². The monoisotopic (exact) mass is 439 g/mol. The average molecular weight is 440 g/mol. The van der Waals surface area contributed by atoms with Gasteiger partial charge in [0.2, 0.25) is 0 Å². The first-order valence-corrected chi connectivity index (χ1v) is 10.5. The van der Waals surface area contributed by atoms with Crippen molar-refractivity contribution in [2.75, 3.05) is 12.4 Å². The summed E-state index contributed by atoms with van der Waals surface area (Å²) in [6.07, 6.45) is 0.386. The minimum atomic E-state index is -0.512. The summed E-state index contributed by atoms with van der Waals surface area (Å²) < 4.78 is 5.32. The van der Waals surface area contributed by atoms with Crippen LogP contribution in [-0.2, 0) is 11.2 Å². The van der Waals surface area contributed by atoms with E-state index >= 15 is 0 Å². The molecule has 6 nitrogen and oxygen atoms in total. The summed E-state index contributed by atoms with van der Waals surface area (Å²) in [5, 5.41) is 3.80. The normalized spacial score (nSPS) is 10.7. The number of rotatable bonds is 7. The Morgan fingerprint density at radius 3 is 2.48 bits per heavy atom. The molecule has 4 N–H and O–H groups in total. The third kappa shape index (κ3) is 4.50. The lowest BCUT2D eigenvalue weighted by molar-refractivity contribution is -0.112. The largest absolute Gasteiger partial charge is 0.495 e. The van der Waals surface area contributed by atoms with Crippen LogP contribution in [-0.4, -0.2) is 23.9 Å². The van der Waals surface area contributed by atoms with E-state index in [-0.39, 0.29) is 5.91 Å². The lowest BCUT2D eigenvalue weighted by atomic mass is 9.98. The van der Waals surface area contributed by atoms with E-state index in [4.69, 9.17) is 10.5 Å². The zero-order valence-electron chi connectivity index (χ0n) is 18.6. The average Bonchev–Trinajstić information content (AvgIpc) is 3.20. The number of amides is 2. The molecular weight excluding hydrogens is 414 g/mol. The van der Waals surface area contributed by atoms with Crippen LogP contribution in [0, 0.1) is 6.92 Å². The van der Waals surface area contributed by atoms with Crippen molar-refractivity contribution < 1.29 is 14.3 Å². The first-order chi connectivity index (χ1) is 15.9. The molecule has 0 spiro atoms. The van der Waals surface area contributed by atoms with E-state index in [9.17, 15) is 9.59 Å². The van der Waals surface area contributed by atoms with Crippen LogP contribution in [0.1, 0.15) is 21.6 Å². The Hall–Kier alpha value is -4.32. The first-order valence-electron chi connectivity index (χ1n) is 10.5. The van der Waals surface area contributed by atoms with E-state index in [0.717, 1.165) is 33.2 Å². The van der Waals surface area contributed by atoms with Crippen molar-refractivity contribution in [1.82, 2.24) is 4.98 Å². The molecule has 33 heavy (non-hydrogen) atoms. The second kappa shape index (κ2) is 9.04. The molecule has 0 radical (unpaired) electrons. The minimum absolute atomic E-state index is 0.268. The van der Waals surface area contributed by atoms with Gasteiger partial charge in [-0.15, -0.1) is 0 Å². The molecule has 4 rings (SSSR count). The number of aryl methyl sites for hydroxylation is 1. The van der Waals surface area contributed by atoms with Gasteiger partial charge >= 0.3 is 0 Å². The van der Waals surface area contributed by atoms with Gasteiger partial charge in [0.15, 0.2) is 0 Å². The van der Waals surface area contributed by atoms with Crippen LogP contribution in [0.5, 0.6) is 5.75 Å². The molecule has 0 bridgehead atoms. The number of benzene rings is 3. The van der Waals surface area contributed by atoms with Crippen molar-refractivity contribution in [1.29, 1.82) is 0 Å². The molecule has 6 heteroatoms. The molecule has 1 heterocycles. The summed E-state index contributed by atoms with van der Waals surface area (Å²) in [6, 6.07) is 21.0. The van der Waals surface area contributed by atoms with Gasteiger partial charge in [0.1, 0.15) is 11.4 Å². The maximum absolute atomic E-state index is 12.7. The number of hydrogen-bond donors (Lipinski definition) is 3. The summed E-state index contributed by atoms with van der Waals surface area (Å²) in [6.45, 7) is 5.90. The third-order valence-corrected chi connectivity index (χ3v) is 5.54. The van der Waals surface area contributed by atoms with Gasteiger partial charge in [-0.05, 0) is 41.8 Å². The lowest BCUT2D eigenvalue weighted by Gasteiger charge is -2.12. The van der Waals surface area contributed by atoms with Gasteiger partial charge in [0.25, 0.3) is 11.8 Å². The summed E-state index contributed by atoms with van der Waals surface area (Å²) in [7, 11) is 1.56. The molecule has 0 unspecified atom stereocenters. The van der Waals surface area contributed by atoms with Crippen LogP contribution in [0.4, 0.5) is 5.69 Å². The van der Waals surface area contributed by atoms with Crippen molar-refractivity contribution in [2.24, 2.45) is 5.73 Å². The molecule has 0 saturated carbocycles. The standard InChI is InChI=1S/C27H25N3O3/c1-16-8-13-23(33-3)22(14-16)30-27(32)17(2)15-18-9-11-19(12-10-18)24-20-6-4-5-7-21(20)29-25(24)26(28)31/h4-14,29H,2,15H2,1,3H3,(H2,28,31)(H,30,32). The first kappa shape index (κ1) is 21.9.